The van der Waals surface area contributed by atoms with Crippen LogP contribution in [0.4, 0.5) is 0 Å². The van der Waals surface area contributed by atoms with Gasteiger partial charge in [0, 0.05) is 19.6 Å². The second kappa shape index (κ2) is 10.1. The third kappa shape index (κ3) is 5.68. The van der Waals surface area contributed by atoms with E-state index in [0.717, 1.165) is 11.3 Å². The number of ether oxygens (including phenoxy) is 3. The third-order valence-corrected chi connectivity index (χ3v) is 4.95. The van der Waals surface area contributed by atoms with E-state index in [0.29, 0.717) is 26.1 Å². The van der Waals surface area contributed by atoms with Gasteiger partial charge in [0.05, 0.1) is 12.0 Å². The molecule has 0 aliphatic carbocycles. The van der Waals surface area contributed by atoms with Crippen molar-refractivity contribution in [3.05, 3.63) is 42.0 Å². The number of carbonyl (C=O) groups is 1. The van der Waals surface area contributed by atoms with Crippen LogP contribution in [0, 0.1) is 5.92 Å². The van der Waals surface area contributed by atoms with Crippen LogP contribution in [0.3, 0.4) is 0 Å². The van der Waals surface area contributed by atoms with E-state index >= 15 is 0 Å². The first-order chi connectivity index (χ1) is 12.1. The summed E-state index contributed by atoms with van der Waals surface area (Å²) >= 11 is 1.36. The van der Waals surface area contributed by atoms with Crippen molar-refractivity contribution in [1.29, 1.82) is 0 Å². The Morgan fingerprint density at radius 1 is 1.24 bits per heavy atom. The van der Waals surface area contributed by atoms with E-state index in [9.17, 15) is 4.79 Å². The first-order valence-electron chi connectivity index (χ1n) is 8.99. The predicted octanol–water partition coefficient (Wildman–Crippen LogP) is 4.50. The highest BCUT2D eigenvalue weighted by Crippen LogP contribution is 2.37. The highest BCUT2D eigenvalue weighted by Gasteiger charge is 2.45. The van der Waals surface area contributed by atoms with Gasteiger partial charge in [0.1, 0.15) is 0 Å². The molecule has 0 amide bonds. The van der Waals surface area contributed by atoms with E-state index in [2.05, 4.69) is 0 Å². The first kappa shape index (κ1) is 20.2. The maximum atomic E-state index is 12.5. The Balaban J connectivity index is 2.21. The molecule has 0 bridgehead atoms. The number of rotatable bonds is 8. The summed E-state index contributed by atoms with van der Waals surface area (Å²) in [6.45, 7) is 6.83. The number of hydrogen-bond donors (Lipinski definition) is 0. The van der Waals surface area contributed by atoms with Crippen molar-refractivity contribution >= 4 is 23.0 Å². The lowest BCUT2D eigenvalue weighted by molar-refractivity contribution is -0.404. The number of hydrogen-bond acceptors (Lipinski definition) is 5. The van der Waals surface area contributed by atoms with Gasteiger partial charge in [-0.25, -0.2) is 0 Å². The van der Waals surface area contributed by atoms with Gasteiger partial charge in [-0.05, 0) is 31.6 Å². The Bertz CT molecular complexity index is 552. The van der Waals surface area contributed by atoms with Gasteiger partial charge in [0.15, 0.2) is 5.12 Å². The zero-order chi connectivity index (χ0) is 18.1. The Hall–Kier alpha value is -1.14. The smallest absolute Gasteiger partial charge is 0.283 e. The minimum absolute atomic E-state index is 0.173. The van der Waals surface area contributed by atoms with Crippen LogP contribution in [-0.2, 0) is 19.0 Å². The average molecular weight is 365 g/mol. The van der Waals surface area contributed by atoms with Gasteiger partial charge in [0.25, 0.3) is 5.97 Å². The molecule has 0 aromatic heterocycles. The summed E-state index contributed by atoms with van der Waals surface area (Å²) in [6, 6.07) is 10.0. The highest BCUT2D eigenvalue weighted by atomic mass is 32.2. The summed E-state index contributed by atoms with van der Waals surface area (Å²) in [7, 11) is 0. The van der Waals surface area contributed by atoms with E-state index in [1.165, 1.54) is 11.8 Å². The van der Waals surface area contributed by atoms with Crippen molar-refractivity contribution in [3.8, 4) is 0 Å². The van der Waals surface area contributed by atoms with Gasteiger partial charge in [-0.15, -0.1) is 0 Å². The van der Waals surface area contributed by atoms with Crippen LogP contribution in [0.1, 0.15) is 39.2 Å². The van der Waals surface area contributed by atoms with Crippen molar-refractivity contribution in [2.75, 3.05) is 19.0 Å². The molecule has 25 heavy (non-hydrogen) atoms. The minimum atomic E-state index is -1.05. The number of thioether (sulfide) groups is 1. The summed E-state index contributed by atoms with van der Waals surface area (Å²) in [6.07, 6.45) is 4.84. The summed E-state index contributed by atoms with van der Waals surface area (Å²) < 4.78 is 17.8. The SMILES string of the molecule is CCOC1(OCC)CC[C@@H](C(=O)SCC)[C@H](/C=C/c2ccccc2)O1. The van der Waals surface area contributed by atoms with E-state index < -0.39 is 5.97 Å². The molecule has 0 spiro atoms. The number of carbonyl (C=O) groups excluding carboxylic acids is 1. The molecule has 1 aliphatic heterocycles. The summed E-state index contributed by atoms with van der Waals surface area (Å²) in [4.78, 5) is 12.5. The molecule has 138 valence electrons. The second-order valence-corrected chi connectivity index (χ2v) is 7.07. The average Bonchev–Trinajstić information content (AvgIpc) is 2.61. The fraction of sp³-hybridized carbons (Fsp3) is 0.550. The van der Waals surface area contributed by atoms with Crippen molar-refractivity contribution in [1.82, 2.24) is 0 Å². The van der Waals surface area contributed by atoms with Gasteiger partial charge in [-0.2, -0.15) is 0 Å². The van der Waals surface area contributed by atoms with Crippen molar-refractivity contribution in [2.24, 2.45) is 5.92 Å². The van der Waals surface area contributed by atoms with Gasteiger partial charge >= 0.3 is 0 Å². The van der Waals surface area contributed by atoms with Crippen molar-refractivity contribution in [3.63, 3.8) is 0 Å². The Morgan fingerprint density at radius 3 is 2.52 bits per heavy atom. The lowest BCUT2D eigenvalue weighted by atomic mass is 9.93. The van der Waals surface area contributed by atoms with Gasteiger partial charge < -0.3 is 14.2 Å². The monoisotopic (exact) mass is 364 g/mol. The van der Waals surface area contributed by atoms with E-state index in [4.69, 9.17) is 14.2 Å². The molecule has 1 fully saturated rings. The molecule has 0 saturated carbocycles. The molecular formula is C20H28O4S. The molecule has 4 nitrogen and oxygen atoms in total. The van der Waals surface area contributed by atoms with Crippen molar-refractivity contribution < 1.29 is 19.0 Å². The highest BCUT2D eigenvalue weighted by molar-refractivity contribution is 8.13. The molecule has 5 heteroatoms. The molecule has 1 heterocycles. The quantitative estimate of drug-likeness (QED) is 0.636. The van der Waals surface area contributed by atoms with Crippen LogP contribution < -0.4 is 0 Å². The normalized spacial score (nSPS) is 23.0. The summed E-state index contributed by atoms with van der Waals surface area (Å²) in [5.41, 5.74) is 1.07. The predicted molar refractivity (Wildman–Crippen MR) is 102 cm³/mol. The lowest BCUT2D eigenvalue weighted by Gasteiger charge is -2.42. The van der Waals surface area contributed by atoms with E-state index in [-0.39, 0.29) is 17.1 Å². The van der Waals surface area contributed by atoms with Gasteiger partial charge in [0.2, 0.25) is 0 Å². The van der Waals surface area contributed by atoms with Gasteiger partial charge in [-0.1, -0.05) is 61.2 Å². The molecule has 0 N–H and O–H groups in total. The Morgan fingerprint density at radius 2 is 1.92 bits per heavy atom. The minimum Gasteiger partial charge on any atom is -0.328 e. The Kier molecular flexibility index (Phi) is 8.16. The first-order valence-corrected chi connectivity index (χ1v) is 9.98. The lowest BCUT2D eigenvalue weighted by Crippen LogP contribution is -2.49. The standard InChI is InChI=1S/C20H28O4S/c1-4-22-20(23-5-2)15-14-17(19(21)25-6-3)18(24-20)13-12-16-10-8-7-9-11-16/h7-13,17-18H,4-6,14-15H2,1-3H3/b13-12+/t17-,18+/m1/s1. The van der Waals surface area contributed by atoms with Crippen molar-refractivity contribution in [2.45, 2.75) is 45.7 Å². The summed E-state index contributed by atoms with van der Waals surface area (Å²) in [5.74, 6) is -0.464. The largest absolute Gasteiger partial charge is 0.328 e. The zero-order valence-electron chi connectivity index (χ0n) is 15.3. The van der Waals surface area contributed by atoms with Crippen LogP contribution in [0.5, 0.6) is 0 Å². The molecule has 1 saturated heterocycles. The fourth-order valence-corrected chi connectivity index (χ4v) is 3.73. The topological polar surface area (TPSA) is 44.8 Å². The Labute approximate surface area is 154 Å². The maximum absolute atomic E-state index is 12.5. The number of benzene rings is 1. The fourth-order valence-electron chi connectivity index (χ4n) is 2.98. The second-order valence-electron chi connectivity index (χ2n) is 5.80. The van der Waals surface area contributed by atoms with Crippen LogP contribution in [-0.4, -0.2) is 36.2 Å². The van der Waals surface area contributed by atoms with Crippen LogP contribution in [0.25, 0.3) is 6.08 Å². The van der Waals surface area contributed by atoms with Crippen LogP contribution in [0.2, 0.25) is 0 Å². The van der Waals surface area contributed by atoms with Gasteiger partial charge in [-0.3, -0.25) is 4.79 Å². The maximum Gasteiger partial charge on any atom is 0.283 e. The van der Waals surface area contributed by atoms with E-state index in [1.807, 2.05) is 63.3 Å². The molecule has 1 aliphatic rings. The third-order valence-electron chi connectivity index (χ3n) is 4.07. The molecular weight excluding hydrogens is 336 g/mol. The molecule has 1 aromatic carbocycles. The zero-order valence-corrected chi connectivity index (χ0v) is 16.1. The molecule has 0 radical (unpaired) electrons. The van der Waals surface area contributed by atoms with Crippen LogP contribution in [0.15, 0.2) is 36.4 Å². The molecule has 2 atom stereocenters. The summed E-state index contributed by atoms with van der Waals surface area (Å²) in [5, 5.41) is 0.173. The van der Waals surface area contributed by atoms with Crippen LogP contribution >= 0.6 is 11.8 Å². The molecule has 1 aromatic rings. The molecule has 2 rings (SSSR count). The molecule has 0 unspecified atom stereocenters. The van der Waals surface area contributed by atoms with E-state index in [1.54, 1.807) is 0 Å².